The smallest absolute Gasteiger partial charge is 0.416 e. The molecule has 2 amide bonds. The normalized spacial score (nSPS) is 11.3. The van der Waals surface area contributed by atoms with E-state index >= 15 is 0 Å². The highest BCUT2D eigenvalue weighted by molar-refractivity contribution is 6.02. The summed E-state index contributed by atoms with van der Waals surface area (Å²) in [5.74, 6) is 1.29. The van der Waals surface area contributed by atoms with Crippen LogP contribution in [0.15, 0.2) is 104 Å². The molecule has 0 aliphatic heterocycles. The molecular weight excluding hydrogens is 585 g/mol. The molecule has 226 valence electrons. The average Bonchev–Trinajstić information content (AvgIpc) is 3.46. The molecule has 2 N–H and O–H groups in total. The van der Waals surface area contributed by atoms with E-state index in [1.807, 2.05) is 43.4 Å². The van der Waals surface area contributed by atoms with Crippen LogP contribution in [-0.4, -0.2) is 44.7 Å². The predicted molar refractivity (Wildman–Crippen MR) is 164 cm³/mol. The van der Waals surface area contributed by atoms with E-state index in [0.717, 1.165) is 34.7 Å². The van der Waals surface area contributed by atoms with E-state index in [4.69, 9.17) is 4.74 Å². The summed E-state index contributed by atoms with van der Waals surface area (Å²) in [4.78, 5) is 27.6. The van der Waals surface area contributed by atoms with Gasteiger partial charge in [0.1, 0.15) is 11.6 Å². The van der Waals surface area contributed by atoms with Gasteiger partial charge in [0.15, 0.2) is 5.65 Å². The molecule has 3 heterocycles. The van der Waals surface area contributed by atoms with Gasteiger partial charge in [-0.1, -0.05) is 48.5 Å². The summed E-state index contributed by atoms with van der Waals surface area (Å²) in [5, 5.41) is 9.42. The number of urea groups is 1. The van der Waals surface area contributed by atoms with Crippen LogP contribution in [0.4, 0.5) is 35.2 Å². The van der Waals surface area contributed by atoms with Gasteiger partial charge < -0.3 is 20.3 Å². The van der Waals surface area contributed by atoms with Gasteiger partial charge in [0, 0.05) is 31.4 Å². The molecule has 3 aromatic heterocycles. The summed E-state index contributed by atoms with van der Waals surface area (Å²) in [5.41, 5.74) is 2.87. The number of ether oxygens (including phenoxy) is 1. The van der Waals surface area contributed by atoms with Crippen LogP contribution >= 0.6 is 0 Å². The average molecular weight is 611 g/mol. The topological polar surface area (TPSA) is 110 Å². The van der Waals surface area contributed by atoms with E-state index in [1.54, 1.807) is 53.2 Å². The van der Waals surface area contributed by atoms with E-state index in [2.05, 4.69) is 30.7 Å². The number of carbonyl (C=O) groups excluding carboxylic acids is 1. The molecule has 6 aromatic rings. The summed E-state index contributed by atoms with van der Waals surface area (Å²) < 4.78 is 47.6. The second kappa shape index (κ2) is 12.0. The Balaban J connectivity index is 1.12. The van der Waals surface area contributed by atoms with Crippen molar-refractivity contribution in [2.24, 2.45) is 0 Å². The van der Waals surface area contributed by atoms with Gasteiger partial charge in [0.05, 0.1) is 35.5 Å². The van der Waals surface area contributed by atoms with Crippen LogP contribution < -0.4 is 20.3 Å². The fraction of sp³-hybridized carbons (Fsp3) is 0.0938. The van der Waals surface area contributed by atoms with Crippen molar-refractivity contribution in [3.05, 3.63) is 109 Å². The molecule has 10 nitrogen and oxygen atoms in total. The van der Waals surface area contributed by atoms with Crippen molar-refractivity contribution in [1.82, 2.24) is 24.6 Å². The number of nitrogens with one attached hydrogen (secondary N) is 2. The number of hydrogen-bond acceptors (Lipinski definition) is 7. The van der Waals surface area contributed by atoms with E-state index in [1.165, 1.54) is 18.5 Å². The Labute approximate surface area is 255 Å². The maximum atomic E-state index is 13.4. The van der Waals surface area contributed by atoms with Crippen LogP contribution in [0.25, 0.3) is 27.9 Å². The Bertz CT molecular complexity index is 1960. The van der Waals surface area contributed by atoms with Crippen molar-refractivity contribution >= 4 is 28.9 Å². The molecule has 6 rings (SSSR count). The molecule has 3 aromatic carbocycles. The fourth-order valence-electron chi connectivity index (χ4n) is 4.53. The number of rotatable bonds is 7. The van der Waals surface area contributed by atoms with Gasteiger partial charge in [-0.3, -0.25) is 0 Å². The van der Waals surface area contributed by atoms with Crippen LogP contribution in [0.5, 0.6) is 11.8 Å². The number of fused-ring (bicyclic) bond motifs is 1. The minimum Gasteiger partial charge on any atom is -0.424 e. The Kier molecular flexibility index (Phi) is 7.73. The van der Waals surface area contributed by atoms with Crippen molar-refractivity contribution in [1.29, 1.82) is 0 Å². The van der Waals surface area contributed by atoms with Gasteiger partial charge >= 0.3 is 18.2 Å². The number of anilines is 3. The zero-order valence-corrected chi connectivity index (χ0v) is 23.9. The second-order valence-electron chi connectivity index (χ2n) is 10.1. The van der Waals surface area contributed by atoms with Gasteiger partial charge in [-0.25, -0.2) is 24.3 Å². The molecule has 0 bridgehead atoms. The molecule has 0 atom stereocenters. The first kappa shape index (κ1) is 29.1. The molecule has 0 radical (unpaired) electrons. The standard InChI is InChI=1S/C32H25F3N8O2/c1-42(2)28-14-15-43-29(41-28)26(19-38-43)21-8-11-24(12-9-21)45-31-36-17-23(18-37-31)39-30(44)40-27-16-22(32(33,34)35)10-13-25(27)20-6-4-3-5-7-20/h3-19H,1-2H3,(H2,39,40,44). The third-order valence-electron chi connectivity index (χ3n) is 6.75. The first-order valence-electron chi connectivity index (χ1n) is 13.6. The maximum Gasteiger partial charge on any atom is 0.416 e. The summed E-state index contributed by atoms with van der Waals surface area (Å²) in [6.45, 7) is 0. The minimum absolute atomic E-state index is 0.00381. The number of halogens is 3. The van der Waals surface area contributed by atoms with Crippen LogP contribution in [0, 0.1) is 0 Å². The Morgan fingerprint density at radius 1 is 0.844 bits per heavy atom. The van der Waals surface area contributed by atoms with Crippen molar-refractivity contribution < 1.29 is 22.7 Å². The molecule has 0 spiro atoms. The largest absolute Gasteiger partial charge is 0.424 e. The summed E-state index contributed by atoms with van der Waals surface area (Å²) in [6, 6.07) is 20.4. The van der Waals surface area contributed by atoms with Crippen molar-refractivity contribution in [3.63, 3.8) is 0 Å². The van der Waals surface area contributed by atoms with Crippen LogP contribution in [-0.2, 0) is 6.18 Å². The SMILES string of the molecule is CN(C)c1ccn2ncc(-c3ccc(Oc4ncc(NC(=O)Nc5cc(C(F)(F)F)ccc5-c5ccccc5)cn4)cc3)c2n1. The van der Waals surface area contributed by atoms with Gasteiger partial charge in [-0.05, 0) is 41.5 Å². The molecule has 0 saturated heterocycles. The number of amides is 2. The van der Waals surface area contributed by atoms with Crippen molar-refractivity contribution in [2.45, 2.75) is 6.18 Å². The van der Waals surface area contributed by atoms with Crippen molar-refractivity contribution in [3.8, 4) is 34.0 Å². The second-order valence-corrected chi connectivity index (χ2v) is 10.1. The lowest BCUT2D eigenvalue weighted by molar-refractivity contribution is -0.137. The third kappa shape index (κ3) is 6.51. The van der Waals surface area contributed by atoms with Gasteiger partial charge in [-0.15, -0.1) is 0 Å². The number of aromatic nitrogens is 5. The van der Waals surface area contributed by atoms with Crippen LogP contribution in [0.2, 0.25) is 0 Å². The monoisotopic (exact) mass is 610 g/mol. The van der Waals surface area contributed by atoms with E-state index < -0.39 is 17.8 Å². The zero-order chi connectivity index (χ0) is 31.6. The lowest BCUT2D eigenvalue weighted by Crippen LogP contribution is -2.20. The highest BCUT2D eigenvalue weighted by atomic mass is 19.4. The summed E-state index contributed by atoms with van der Waals surface area (Å²) in [7, 11) is 3.84. The number of hydrogen-bond donors (Lipinski definition) is 2. The quantitative estimate of drug-likeness (QED) is 0.194. The Hall–Kier alpha value is -5.98. The summed E-state index contributed by atoms with van der Waals surface area (Å²) >= 11 is 0. The highest BCUT2D eigenvalue weighted by Crippen LogP contribution is 2.36. The summed E-state index contributed by atoms with van der Waals surface area (Å²) in [6.07, 6.45) is 1.68. The Morgan fingerprint density at radius 3 is 2.24 bits per heavy atom. The Morgan fingerprint density at radius 2 is 1.56 bits per heavy atom. The molecule has 0 saturated carbocycles. The lowest BCUT2D eigenvalue weighted by atomic mass is 10.0. The number of nitrogens with zero attached hydrogens (tertiary/aromatic N) is 6. The van der Waals surface area contributed by atoms with E-state index in [9.17, 15) is 18.0 Å². The van der Waals surface area contributed by atoms with Crippen LogP contribution in [0.1, 0.15) is 5.56 Å². The fourth-order valence-corrected chi connectivity index (χ4v) is 4.53. The van der Waals surface area contributed by atoms with Crippen LogP contribution in [0.3, 0.4) is 0 Å². The third-order valence-corrected chi connectivity index (χ3v) is 6.75. The molecule has 0 aliphatic carbocycles. The highest BCUT2D eigenvalue weighted by Gasteiger charge is 2.31. The van der Waals surface area contributed by atoms with Gasteiger partial charge in [0.2, 0.25) is 0 Å². The number of benzene rings is 3. The van der Waals surface area contributed by atoms with Gasteiger partial charge in [0.25, 0.3) is 0 Å². The molecule has 45 heavy (non-hydrogen) atoms. The molecule has 0 fully saturated rings. The minimum atomic E-state index is -4.58. The molecule has 0 unspecified atom stereocenters. The maximum absolute atomic E-state index is 13.4. The lowest BCUT2D eigenvalue weighted by Gasteiger charge is -2.15. The molecule has 0 aliphatic rings. The zero-order valence-electron chi connectivity index (χ0n) is 23.9. The van der Waals surface area contributed by atoms with Crippen molar-refractivity contribution in [2.75, 3.05) is 29.6 Å². The number of carbonyl (C=O) groups is 1. The van der Waals surface area contributed by atoms with E-state index in [-0.39, 0.29) is 17.4 Å². The van der Waals surface area contributed by atoms with Gasteiger partial charge in [-0.2, -0.15) is 18.3 Å². The van der Waals surface area contributed by atoms with E-state index in [0.29, 0.717) is 16.9 Å². The predicted octanol–water partition coefficient (Wildman–Crippen LogP) is 7.37. The molecule has 13 heteroatoms. The number of alkyl halides is 3. The molecular formula is C32H25F3N8O2. The first-order chi connectivity index (χ1) is 21.6. The first-order valence-corrected chi connectivity index (χ1v) is 13.6.